The number of ether oxygens (including phenoxy) is 1. The summed E-state index contributed by atoms with van der Waals surface area (Å²) < 4.78 is 5.98. The molecule has 0 aromatic rings. The fourth-order valence-corrected chi connectivity index (χ4v) is 2.12. The molecule has 0 aliphatic rings. The molecule has 98 valence electrons. The van der Waals surface area contributed by atoms with Crippen LogP contribution in [-0.2, 0) is 4.74 Å². The third kappa shape index (κ3) is 5.31. The highest BCUT2D eigenvalue weighted by Crippen LogP contribution is 2.25. The fourth-order valence-electron chi connectivity index (χ4n) is 2.12. The van der Waals surface area contributed by atoms with E-state index < -0.39 is 0 Å². The molecule has 0 rings (SSSR count). The third-order valence-corrected chi connectivity index (χ3v) is 3.26. The van der Waals surface area contributed by atoms with Crippen molar-refractivity contribution in [2.45, 2.75) is 72.4 Å². The minimum absolute atomic E-state index is 0.0197. The van der Waals surface area contributed by atoms with Crippen LogP contribution in [0.1, 0.15) is 60.8 Å². The van der Waals surface area contributed by atoms with Crippen LogP contribution in [0.25, 0.3) is 0 Å². The number of nitrogens with one attached hydrogen (secondary N) is 1. The van der Waals surface area contributed by atoms with Crippen molar-refractivity contribution in [2.24, 2.45) is 5.92 Å². The van der Waals surface area contributed by atoms with Gasteiger partial charge in [-0.1, -0.05) is 27.7 Å². The summed E-state index contributed by atoms with van der Waals surface area (Å²) in [4.78, 5) is 0. The van der Waals surface area contributed by atoms with E-state index in [1.54, 1.807) is 0 Å². The van der Waals surface area contributed by atoms with E-state index in [-0.39, 0.29) is 5.60 Å². The molecule has 0 bridgehead atoms. The van der Waals surface area contributed by atoms with E-state index in [1.165, 1.54) is 12.8 Å². The maximum absolute atomic E-state index is 5.98. The van der Waals surface area contributed by atoms with Gasteiger partial charge in [0.05, 0.1) is 5.60 Å². The second-order valence-electron chi connectivity index (χ2n) is 5.24. The topological polar surface area (TPSA) is 21.3 Å². The van der Waals surface area contributed by atoms with Crippen LogP contribution < -0.4 is 5.32 Å². The quantitative estimate of drug-likeness (QED) is 0.652. The van der Waals surface area contributed by atoms with Gasteiger partial charge in [0.15, 0.2) is 0 Å². The van der Waals surface area contributed by atoms with Gasteiger partial charge in [-0.25, -0.2) is 0 Å². The predicted molar refractivity (Wildman–Crippen MR) is 71.9 cm³/mol. The summed E-state index contributed by atoms with van der Waals surface area (Å²) in [6, 6.07) is 0.470. The molecule has 0 aliphatic carbocycles. The Morgan fingerprint density at radius 2 is 1.81 bits per heavy atom. The normalized spacial score (nSPS) is 17.4. The van der Waals surface area contributed by atoms with Crippen LogP contribution in [0.15, 0.2) is 0 Å². The lowest BCUT2D eigenvalue weighted by molar-refractivity contribution is -0.0594. The lowest BCUT2D eigenvalue weighted by Gasteiger charge is -2.38. The molecular weight excluding hydrogens is 198 g/mol. The SMILES string of the molecule is CCCNC(CC(C)C)C(C)(CC)OCC. The molecule has 2 unspecified atom stereocenters. The summed E-state index contributed by atoms with van der Waals surface area (Å²) in [7, 11) is 0. The van der Waals surface area contributed by atoms with Crippen molar-refractivity contribution >= 4 is 0 Å². The molecular formula is C14H31NO. The number of rotatable bonds is 9. The minimum Gasteiger partial charge on any atom is -0.374 e. The molecule has 0 spiro atoms. The van der Waals surface area contributed by atoms with E-state index in [9.17, 15) is 0 Å². The predicted octanol–water partition coefficient (Wildman–Crippen LogP) is 3.61. The van der Waals surface area contributed by atoms with Gasteiger partial charge in [0.1, 0.15) is 0 Å². The Morgan fingerprint density at radius 1 is 1.19 bits per heavy atom. The van der Waals surface area contributed by atoms with Crippen LogP contribution in [-0.4, -0.2) is 24.8 Å². The van der Waals surface area contributed by atoms with Crippen LogP contribution in [0.4, 0.5) is 0 Å². The Kier molecular flexibility index (Phi) is 8.04. The van der Waals surface area contributed by atoms with Crippen molar-refractivity contribution in [3.8, 4) is 0 Å². The van der Waals surface area contributed by atoms with Gasteiger partial charge in [0.2, 0.25) is 0 Å². The van der Waals surface area contributed by atoms with E-state index in [1.807, 2.05) is 0 Å². The van der Waals surface area contributed by atoms with E-state index in [4.69, 9.17) is 4.74 Å². The van der Waals surface area contributed by atoms with Crippen LogP contribution in [0.3, 0.4) is 0 Å². The monoisotopic (exact) mass is 229 g/mol. The van der Waals surface area contributed by atoms with Crippen LogP contribution in [0.2, 0.25) is 0 Å². The molecule has 1 N–H and O–H groups in total. The summed E-state index contributed by atoms with van der Waals surface area (Å²) >= 11 is 0. The van der Waals surface area contributed by atoms with E-state index in [0.29, 0.717) is 12.0 Å². The molecule has 2 atom stereocenters. The van der Waals surface area contributed by atoms with E-state index in [2.05, 4.69) is 46.9 Å². The maximum atomic E-state index is 5.98. The molecule has 0 saturated heterocycles. The standard InChI is InChI=1S/C14H31NO/c1-7-10-15-13(11-12(4)5)14(6,8-2)16-9-3/h12-13,15H,7-11H2,1-6H3. The highest BCUT2D eigenvalue weighted by Gasteiger charge is 2.32. The van der Waals surface area contributed by atoms with Crippen molar-refractivity contribution in [3.05, 3.63) is 0 Å². The molecule has 16 heavy (non-hydrogen) atoms. The molecule has 0 aliphatic heterocycles. The molecule has 2 nitrogen and oxygen atoms in total. The zero-order valence-corrected chi connectivity index (χ0v) is 12.1. The first-order valence-corrected chi connectivity index (χ1v) is 6.87. The van der Waals surface area contributed by atoms with Crippen molar-refractivity contribution in [2.75, 3.05) is 13.2 Å². The second kappa shape index (κ2) is 8.08. The van der Waals surface area contributed by atoms with Gasteiger partial charge in [0.25, 0.3) is 0 Å². The molecule has 0 amide bonds. The first kappa shape index (κ1) is 15.9. The zero-order chi connectivity index (χ0) is 12.6. The van der Waals surface area contributed by atoms with Gasteiger partial charge in [-0.05, 0) is 45.6 Å². The van der Waals surface area contributed by atoms with E-state index >= 15 is 0 Å². The molecule has 0 aromatic carbocycles. The largest absolute Gasteiger partial charge is 0.374 e. The van der Waals surface area contributed by atoms with Crippen LogP contribution in [0.5, 0.6) is 0 Å². The van der Waals surface area contributed by atoms with Crippen LogP contribution in [0, 0.1) is 5.92 Å². The Labute approximate surface area is 102 Å². The van der Waals surface area contributed by atoms with Gasteiger partial charge in [-0.3, -0.25) is 0 Å². The summed E-state index contributed by atoms with van der Waals surface area (Å²) in [5.41, 5.74) is -0.0197. The van der Waals surface area contributed by atoms with Crippen molar-refractivity contribution in [1.82, 2.24) is 5.32 Å². The maximum Gasteiger partial charge on any atom is 0.0804 e. The zero-order valence-electron chi connectivity index (χ0n) is 12.1. The van der Waals surface area contributed by atoms with Crippen molar-refractivity contribution in [1.29, 1.82) is 0 Å². The summed E-state index contributed by atoms with van der Waals surface area (Å²) in [5, 5.41) is 3.65. The van der Waals surface area contributed by atoms with Gasteiger partial charge in [0, 0.05) is 12.6 Å². The fraction of sp³-hybridized carbons (Fsp3) is 1.00. The average molecular weight is 229 g/mol. The Hall–Kier alpha value is -0.0800. The summed E-state index contributed by atoms with van der Waals surface area (Å²) in [6.45, 7) is 15.2. The molecule has 0 aromatic heterocycles. The Morgan fingerprint density at radius 3 is 2.19 bits per heavy atom. The first-order valence-electron chi connectivity index (χ1n) is 6.87. The van der Waals surface area contributed by atoms with Crippen molar-refractivity contribution < 1.29 is 4.74 Å². The lowest BCUT2D eigenvalue weighted by atomic mass is 9.87. The van der Waals surface area contributed by atoms with Crippen molar-refractivity contribution in [3.63, 3.8) is 0 Å². The van der Waals surface area contributed by atoms with Crippen LogP contribution >= 0.6 is 0 Å². The molecule has 0 heterocycles. The second-order valence-corrected chi connectivity index (χ2v) is 5.24. The smallest absolute Gasteiger partial charge is 0.0804 e. The number of hydrogen-bond acceptors (Lipinski definition) is 2. The third-order valence-electron chi connectivity index (χ3n) is 3.26. The number of hydrogen-bond donors (Lipinski definition) is 1. The Balaban J connectivity index is 4.53. The van der Waals surface area contributed by atoms with Gasteiger partial charge in [-0.2, -0.15) is 0 Å². The van der Waals surface area contributed by atoms with Gasteiger partial charge < -0.3 is 10.1 Å². The molecule has 0 saturated carbocycles. The highest BCUT2D eigenvalue weighted by atomic mass is 16.5. The summed E-state index contributed by atoms with van der Waals surface area (Å²) in [6.07, 6.45) is 3.43. The van der Waals surface area contributed by atoms with Gasteiger partial charge in [-0.15, -0.1) is 0 Å². The molecule has 2 heteroatoms. The lowest BCUT2D eigenvalue weighted by Crippen LogP contribution is -2.51. The summed E-state index contributed by atoms with van der Waals surface area (Å²) in [5.74, 6) is 0.709. The first-order chi connectivity index (χ1) is 7.50. The molecule has 0 radical (unpaired) electrons. The van der Waals surface area contributed by atoms with E-state index in [0.717, 1.165) is 19.6 Å². The molecule has 0 fully saturated rings. The Bertz CT molecular complexity index is 170. The average Bonchev–Trinajstić information content (AvgIpc) is 2.23. The van der Waals surface area contributed by atoms with Gasteiger partial charge >= 0.3 is 0 Å². The minimum atomic E-state index is -0.0197. The highest BCUT2D eigenvalue weighted by molar-refractivity contribution is 4.89.